The number of nitrogens with one attached hydrogen (secondary N) is 1. The first kappa shape index (κ1) is 12.3. The Morgan fingerprint density at radius 3 is 3.00 bits per heavy atom. The average Bonchev–Trinajstić information content (AvgIpc) is 2.93. The number of thiazole rings is 1. The van der Waals surface area contributed by atoms with Crippen LogP contribution in [-0.2, 0) is 6.54 Å². The molecule has 0 saturated carbocycles. The topological polar surface area (TPSA) is 37.8 Å². The molecule has 19 heavy (non-hydrogen) atoms. The summed E-state index contributed by atoms with van der Waals surface area (Å²) < 4.78 is 0. The number of hydrogen-bond donors (Lipinski definition) is 1. The van der Waals surface area contributed by atoms with E-state index in [9.17, 15) is 0 Å². The summed E-state index contributed by atoms with van der Waals surface area (Å²) in [7, 11) is 0. The number of rotatable bonds is 4. The van der Waals surface area contributed by atoms with Crippen molar-refractivity contribution in [2.45, 2.75) is 13.5 Å². The fourth-order valence-electron chi connectivity index (χ4n) is 2.05. The molecule has 4 heteroatoms. The van der Waals surface area contributed by atoms with Crippen molar-refractivity contribution in [2.75, 3.05) is 6.54 Å². The van der Waals surface area contributed by atoms with Crippen LogP contribution in [0.5, 0.6) is 0 Å². The van der Waals surface area contributed by atoms with E-state index in [1.54, 1.807) is 11.3 Å². The molecule has 0 aliphatic carbocycles. The maximum absolute atomic E-state index is 4.70. The van der Waals surface area contributed by atoms with Crippen LogP contribution in [-0.4, -0.2) is 16.5 Å². The fourth-order valence-corrected chi connectivity index (χ4v) is 2.91. The summed E-state index contributed by atoms with van der Waals surface area (Å²) in [5, 5.41) is 7.64. The van der Waals surface area contributed by atoms with E-state index in [4.69, 9.17) is 4.98 Å². The molecule has 0 aliphatic heterocycles. The molecule has 2 aromatic heterocycles. The van der Waals surface area contributed by atoms with Crippen molar-refractivity contribution in [1.29, 1.82) is 0 Å². The van der Waals surface area contributed by atoms with E-state index in [-0.39, 0.29) is 0 Å². The number of fused-ring (bicyclic) bond motifs is 1. The van der Waals surface area contributed by atoms with Crippen molar-refractivity contribution >= 4 is 22.2 Å². The fraction of sp³-hybridized carbons (Fsp3) is 0.200. The smallest absolute Gasteiger partial charge is 0.124 e. The molecule has 1 N–H and O–H groups in total. The van der Waals surface area contributed by atoms with Crippen LogP contribution in [0.2, 0.25) is 0 Å². The second kappa shape index (κ2) is 5.47. The van der Waals surface area contributed by atoms with Gasteiger partial charge in [-0.2, -0.15) is 0 Å². The molecule has 3 nitrogen and oxygen atoms in total. The summed E-state index contributed by atoms with van der Waals surface area (Å²) in [6.45, 7) is 3.89. The molecule has 0 spiro atoms. The highest BCUT2D eigenvalue weighted by molar-refractivity contribution is 7.13. The first-order chi connectivity index (χ1) is 9.38. The van der Waals surface area contributed by atoms with Crippen LogP contribution < -0.4 is 5.32 Å². The molecule has 0 fully saturated rings. The molecule has 3 rings (SSSR count). The highest BCUT2D eigenvalue weighted by Crippen LogP contribution is 2.29. The Hall–Kier alpha value is -1.78. The lowest BCUT2D eigenvalue weighted by Crippen LogP contribution is -2.11. The van der Waals surface area contributed by atoms with Gasteiger partial charge in [-0.1, -0.05) is 25.1 Å². The van der Waals surface area contributed by atoms with Crippen molar-refractivity contribution in [1.82, 2.24) is 15.3 Å². The number of benzene rings is 1. The molecule has 2 heterocycles. The third-order valence-electron chi connectivity index (χ3n) is 2.99. The van der Waals surface area contributed by atoms with Crippen molar-refractivity contribution in [3.05, 3.63) is 47.6 Å². The molecule has 0 radical (unpaired) electrons. The third kappa shape index (κ3) is 2.50. The Morgan fingerprint density at radius 2 is 2.11 bits per heavy atom. The van der Waals surface area contributed by atoms with Crippen LogP contribution in [0, 0.1) is 0 Å². The second-order valence-corrected chi connectivity index (χ2v) is 5.16. The van der Waals surface area contributed by atoms with Crippen LogP contribution in [0.15, 0.2) is 41.9 Å². The number of nitrogens with zero attached hydrogens (tertiary/aromatic N) is 2. The number of hydrogen-bond acceptors (Lipinski definition) is 4. The molecule has 0 saturated heterocycles. The molecule has 0 unspecified atom stereocenters. The molecular formula is C15H15N3S. The summed E-state index contributed by atoms with van der Waals surface area (Å²) in [4.78, 5) is 9.08. The van der Waals surface area contributed by atoms with Gasteiger partial charge in [0.25, 0.3) is 0 Å². The van der Waals surface area contributed by atoms with Crippen LogP contribution in [0.25, 0.3) is 21.5 Å². The van der Waals surface area contributed by atoms with Crippen molar-refractivity contribution in [3.8, 4) is 10.6 Å². The zero-order valence-corrected chi connectivity index (χ0v) is 11.6. The van der Waals surface area contributed by atoms with Crippen LogP contribution in [0.3, 0.4) is 0 Å². The molecule has 1 aromatic carbocycles. The van der Waals surface area contributed by atoms with Gasteiger partial charge < -0.3 is 5.32 Å². The van der Waals surface area contributed by atoms with Crippen molar-refractivity contribution < 1.29 is 0 Å². The van der Waals surface area contributed by atoms with E-state index < -0.39 is 0 Å². The van der Waals surface area contributed by atoms with Gasteiger partial charge in [-0.15, -0.1) is 11.3 Å². The molecule has 0 atom stereocenters. The molecule has 3 aromatic rings. The largest absolute Gasteiger partial charge is 0.311 e. The Kier molecular flexibility index (Phi) is 3.53. The van der Waals surface area contributed by atoms with E-state index in [0.717, 1.165) is 34.7 Å². The maximum Gasteiger partial charge on any atom is 0.124 e. The minimum Gasteiger partial charge on any atom is -0.311 e. The van der Waals surface area contributed by atoms with E-state index in [0.29, 0.717) is 0 Å². The quantitative estimate of drug-likeness (QED) is 0.788. The van der Waals surface area contributed by atoms with E-state index in [1.165, 1.54) is 5.56 Å². The predicted molar refractivity (Wildman–Crippen MR) is 80.2 cm³/mol. The Labute approximate surface area is 116 Å². The average molecular weight is 269 g/mol. The highest BCUT2D eigenvalue weighted by Gasteiger charge is 2.08. The molecular weight excluding hydrogens is 254 g/mol. The summed E-state index contributed by atoms with van der Waals surface area (Å²) in [5.74, 6) is 0. The second-order valence-electron chi connectivity index (χ2n) is 4.30. The highest BCUT2D eigenvalue weighted by atomic mass is 32.1. The normalized spacial score (nSPS) is 11.0. The van der Waals surface area contributed by atoms with Gasteiger partial charge >= 0.3 is 0 Å². The van der Waals surface area contributed by atoms with Gasteiger partial charge in [0.1, 0.15) is 5.01 Å². The number of pyridine rings is 1. The number of aromatic nitrogens is 2. The molecule has 96 valence electrons. The minimum absolute atomic E-state index is 0.829. The third-order valence-corrected chi connectivity index (χ3v) is 3.91. The van der Waals surface area contributed by atoms with Gasteiger partial charge in [0.05, 0.1) is 11.2 Å². The SMILES string of the molecule is CCNCc1csc(-c2ccnc3ccccc23)n1. The lowest BCUT2D eigenvalue weighted by atomic mass is 10.1. The Morgan fingerprint density at radius 1 is 1.21 bits per heavy atom. The van der Waals surface area contributed by atoms with Gasteiger partial charge in [0.2, 0.25) is 0 Å². The van der Waals surface area contributed by atoms with E-state index >= 15 is 0 Å². The van der Waals surface area contributed by atoms with E-state index in [1.807, 2.05) is 30.5 Å². The molecule has 0 bridgehead atoms. The first-order valence-corrected chi connectivity index (χ1v) is 7.25. The van der Waals surface area contributed by atoms with Gasteiger partial charge in [0, 0.05) is 29.1 Å². The van der Waals surface area contributed by atoms with Crippen LogP contribution >= 0.6 is 11.3 Å². The van der Waals surface area contributed by atoms with Crippen molar-refractivity contribution in [3.63, 3.8) is 0 Å². The lowest BCUT2D eigenvalue weighted by Gasteiger charge is -2.02. The summed E-state index contributed by atoms with van der Waals surface area (Å²) >= 11 is 1.69. The molecule has 0 amide bonds. The standard InChI is InChI=1S/C15H15N3S/c1-2-16-9-11-10-19-15(18-11)13-7-8-17-14-6-4-3-5-12(13)14/h3-8,10,16H,2,9H2,1H3. The van der Waals surface area contributed by atoms with Crippen molar-refractivity contribution in [2.24, 2.45) is 0 Å². The van der Waals surface area contributed by atoms with Gasteiger partial charge in [-0.05, 0) is 18.7 Å². The van der Waals surface area contributed by atoms with Gasteiger partial charge in [-0.3, -0.25) is 4.98 Å². The summed E-state index contributed by atoms with van der Waals surface area (Å²) in [5.41, 5.74) is 3.28. The maximum atomic E-state index is 4.70. The zero-order valence-electron chi connectivity index (χ0n) is 10.8. The zero-order chi connectivity index (χ0) is 13.1. The van der Waals surface area contributed by atoms with Crippen LogP contribution in [0.4, 0.5) is 0 Å². The number of para-hydroxylation sites is 1. The molecule has 0 aliphatic rings. The predicted octanol–water partition coefficient (Wildman–Crippen LogP) is 3.47. The van der Waals surface area contributed by atoms with Crippen LogP contribution in [0.1, 0.15) is 12.6 Å². The lowest BCUT2D eigenvalue weighted by molar-refractivity contribution is 0.715. The summed E-state index contributed by atoms with van der Waals surface area (Å²) in [6.07, 6.45) is 1.85. The Bertz CT molecular complexity index is 685. The summed E-state index contributed by atoms with van der Waals surface area (Å²) in [6, 6.07) is 10.2. The van der Waals surface area contributed by atoms with E-state index in [2.05, 4.69) is 28.7 Å². The monoisotopic (exact) mass is 269 g/mol. The Balaban J connectivity index is 2.02. The first-order valence-electron chi connectivity index (χ1n) is 6.37. The van der Waals surface area contributed by atoms with Gasteiger partial charge in [-0.25, -0.2) is 4.98 Å². The minimum atomic E-state index is 0.829. The van der Waals surface area contributed by atoms with Gasteiger partial charge in [0.15, 0.2) is 0 Å².